The van der Waals surface area contributed by atoms with Gasteiger partial charge < -0.3 is 19.4 Å². The molecule has 0 aliphatic carbocycles. The molecule has 9 aromatic rings. The second-order valence-corrected chi connectivity index (χ2v) is 16.4. The van der Waals surface area contributed by atoms with E-state index in [-0.39, 0.29) is 31.2 Å². The third kappa shape index (κ3) is 8.80. The zero-order valence-electron chi connectivity index (χ0n) is 38.0. The van der Waals surface area contributed by atoms with Crippen LogP contribution in [0.4, 0.5) is 0 Å². The van der Waals surface area contributed by atoms with E-state index in [0.717, 1.165) is 66.7 Å². The van der Waals surface area contributed by atoms with E-state index in [1.807, 2.05) is 116 Å². The number of fused-ring (bicyclic) bond motifs is 3. The zero-order valence-corrected chi connectivity index (χ0v) is 36.4. The summed E-state index contributed by atoms with van der Waals surface area (Å²) in [5.41, 5.74) is 9.84. The molecule has 9 rings (SSSR count). The quantitative estimate of drug-likeness (QED) is 0.115. The first kappa shape index (κ1) is 35.9. The van der Waals surface area contributed by atoms with Gasteiger partial charge in [0.05, 0.1) is 5.58 Å². The third-order valence-corrected chi connectivity index (χ3v) is 11.1. The molecule has 4 nitrogen and oxygen atoms in total. The number of hydrogen-bond donors (Lipinski definition) is 0. The standard InChI is InChI=1S/C55H46N3O.Ir/c1-54(2,44-25-28-48(57-36-44)42-14-7-5-8-15-42)33-40-30-39(31-41(32-40)34-55(3,4)45-26-29-49(58-37-45)43-16-9-6-10-17-43)23-22-38-24-27-50(56-35-38)46-19-13-21-52-53(46)47-18-11-12-20-51(47)59-52;/h5-14,16,18,20-21,24-32,35-37H,22-23,33-34H2,1-4H3;/q-3;+3/i22D2,23D2;. The molecular weight excluding hydrogens is 911 g/mol. The van der Waals surface area contributed by atoms with E-state index in [1.165, 1.54) is 6.20 Å². The maximum Gasteiger partial charge on any atom is 3.00 e. The summed E-state index contributed by atoms with van der Waals surface area (Å²) in [5, 5.41) is 1.82. The van der Waals surface area contributed by atoms with E-state index in [1.54, 1.807) is 18.2 Å². The summed E-state index contributed by atoms with van der Waals surface area (Å²) >= 11 is 0. The average molecular weight is 961 g/mol. The summed E-state index contributed by atoms with van der Waals surface area (Å²) in [6.45, 7) is 8.66. The van der Waals surface area contributed by atoms with Gasteiger partial charge in [-0.2, -0.15) is 0 Å². The largest absolute Gasteiger partial charge is 3.00 e. The molecule has 0 radical (unpaired) electrons. The van der Waals surface area contributed by atoms with E-state index < -0.39 is 23.6 Å². The molecule has 5 aromatic carbocycles. The monoisotopic (exact) mass is 961 g/mol. The van der Waals surface area contributed by atoms with Crippen LogP contribution in [0.3, 0.4) is 0 Å². The molecule has 4 aromatic heterocycles. The van der Waals surface area contributed by atoms with E-state index in [9.17, 15) is 5.48 Å². The van der Waals surface area contributed by atoms with Crippen molar-refractivity contribution in [3.63, 3.8) is 0 Å². The predicted molar refractivity (Wildman–Crippen MR) is 240 cm³/mol. The Hall–Kier alpha value is -6.00. The van der Waals surface area contributed by atoms with Gasteiger partial charge in [-0.3, -0.25) is 0 Å². The van der Waals surface area contributed by atoms with Crippen molar-refractivity contribution in [3.05, 3.63) is 210 Å². The van der Waals surface area contributed by atoms with Crippen molar-refractivity contribution in [1.82, 2.24) is 15.0 Å². The first-order valence-corrected chi connectivity index (χ1v) is 20.0. The topological polar surface area (TPSA) is 51.8 Å². The zero-order chi connectivity index (χ0) is 44.0. The van der Waals surface area contributed by atoms with Gasteiger partial charge >= 0.3 is 20.1 Å². The van der Waals surface area contributed by atoms with E-state index >= 15 is 0 Å². The average Bonchev–Trinajstić information content (AvgIpc) is 3.68. The Labute approximate surface area is 372 Å². The molecule has 0 unspecified atom stereocenters. The molecule has 0 saturated heterocycles. The van der Waals surface area contributed by atoms with Crippen LogP contribution in [0.25, 0.3) is 55.7 Å². The van der Waals surface area contributed by atoms with Crippen molar-refractivity contribution in [2.45, 2.75) is 64.1 Å². The predicted octanol–water partition coefficient (Wildman–Crippen LogP) is 13.0. The van der Waals surface area contributed by atoms with Crippen LogP contribution in [0.15, 0.2) is 163 Å². The minimum atomic E-state index is -2.46. The number of aromatic nitrogens is 3. The van der Waals surface area contributed by atoms with Crippen LogP contribution >= 0.6 is 0 Å². The molecule has 0 fully saturated rings. The number of benzene rings is 5. The molecule has 0 amide bonds. The second kappa shape index (κ2) is 17.3. The fraction of sp³-hybridized carbons (Fsp3) is 0.182. The molecule has 0 aliphatic rings. The fourth-order valence-electron chi connectivity index (χ4n) is 7.95. The van der Waals surface area contributed by atoms with E-state index in [4.69, 9.17) is 19.4 Å². The molecule has 0 atom stereocenters. The van der Waals surface area contributed by atoms with E-state index in [0.29, 0.717) is 24.1 Å². The van der Waals surface area contributed by atoms with Crippen LogP contribution in [-0.4, -0.2) is 15.0 Å². The molecule has 60 heavy (non-hydrogen) atoms. The number of furan rings is 1. The minimum absolute atomic E-state index is 0. The Kier molecular flexibility index (Phi) is 10.4. The van der Waals surface area contributed by atoms with Crippen LogP contribution in [0, 0.1) is 18.2 Å². The van der Waals surface area contributed by atoms with Gasteiger partial charge in [-0.25, -0.2) is 0 Å². The number of rotatable bonds is 12. The van der Waals surface area contributed by atoms with Gasteiger partial charge in [-0.15, -0.1) is 89.5 Å². The molecule has 0 N–H and O–H groups in total. The van der Waals surface area contributed by atoms with Crippen molar-refractivity contribution in [3.8, 4) is 33.8 Å². The Morgan fingerprint density at radius 3 is 1.62 bits per heavy atom. The van der Waals surface area contributed by atoms with Crippen LogP contribution in [-0.2, 0) is 56.5 Å². The van der Waals surface area contributed by atoms with Gasteiger partial charge in [0.15, 0.2) is 0 Å². The van der Waals surface area contributed by atoms with E-state index in [2.05, 4.69) is 64.1 Å². The Balaban J connectivity index is 0.00000560. The van der Waals surface area contributed by atoms with Crippen molar-refractivity contribution >= 4 is 21.9 Å². The minimum Gasteiger partial charge on any atom is -0.476 e. The first-order valence-electron chi connectivity index (χ1n) is 22.0. The number of para-hydroxylation sites is 1. The Bertz CT molecular complexity index is 2930. The summed E-state index contributed by atoms with van der Waals surface area (Å²) in [6, 6.07) is 54.3. The summed E-state index contributed by atoms with van der Waals surface area (Å²) in [5.74, 6) is 0. The molecule has 296 valence electrons. The van der Waals surface area contributed by atoms with Crippen LogP contribution in [0.2, 0.25) is 0 Å². The molecule has 0 aliphatic heterocycles. The Morgan fingerprint density at radius 2 is 1.07 bits per heavy atom. The molecule has 0 spiro atoms. The molecule has 5 heteroatoms. The third-order valence-electron chi connectivity index (χ3n) is 11.1. The van der Waals surface area contributed by atoms with Crippen molar-refractivity contribution in [2.24, 2.45) is 0 Å². The van der Waals surface area contributed by atoms with Gasteiger partial charge in [-0.1, -0.05) is 112 Å². The molecule has 4 heterocycles. The summed E-state index contributed by atoms with van der Waals surface area (Å²) in [4.78, 5) is 14.3. The van der Waals surface area contributed by atoms with Crippen molar-refractivity contribution < 1.29 is 30.0 Å². The number of nitrogens with zero attached hydrogens (tertiary/aromatic N) is 3. The number of pyridine rings is 3. The Morgan fingerprint density at radius 1 is 0.517 bits per heavy atom. The molecular formula is C55H46IrN3O. The molecule has 0 bridgehead atoms. The van der Waals surface area contributed by atoms with Crippen molar-refractivity contribution in [2.75, 3.05) is 0 Å². The number of hydrogen-bond acceptors (Lipinski definition) is 4. The van der Waals surface area contributed by atoms with Crippen LogP contribution in [0.1, 0.15) is 66.6 Å². The number of aryl methyl sites for hydroxylation is 2. The van der Waals surface area contributed by atoms with Crippen molar-refractivity contribution in [1.29, 1.82) is 0 Å². The van der Waals surface area contributed by atoms with Crippen LogP contribution in [0.5, 0.6) is 0 Å². The normalized spacial score (nSPS) is 13.3. The SMILES string of the molecule is [2H]C([2H])(c1ccc(-c2[c-]ccc3oc4ccccc4c23)nc1)C([2H])([2H])c1cc(CC(C)(C)c2ccc(-c3[c-]cccc3)nc2)cc(CC(C)(C)c2ccc(-c3[c-]cccc3)nc2)c1.[Ir+3]. The summed E-state index contributed by atoms with van der Waals surface area (Å²) in [7, 11) is 0. The van der Waals surface area contributed by atoms with Gasteiger partial charge in [0.2, 0.25) is 0 Å². The molecule has 0 saturated carbocycles. The van der Waals surface area contributed by atoms with Crippen LogP contribution < -0.4 is 0 Å². The smallest absolute Gasteiger partial charge is 0.476 e. The second-order valence-electron chi connectivity index (χ2n) is 16.4. The van der Waals surface area contributed by atoms with Gasteiger partial charge in [0.1, 0.15) is 5.58 Å². The maximum atomic E-state index is 9.62. The summed E-state index contributed by atoms with van der Waals surface area (Å²) in [6.07, 6.45) is 1.50. The van der Waals surface area contributed by atoms with Gasteiger partial charge in [0.25, 0.3) is 0 Å². The van der Waals surface area contributed by atoms with Gasteiger partial charge in [-0.05, 0) is 98.3 Å². The van der Waals surface area contributed by atoms with Gasteiger partial charge in [0, 0.05) is 24.1 Å². The summed E-state index contributed by atoms with van der Waals surface area (Å²) < 4.78 is 44.2. The fourth-order valence-corrected chi connectivity index (χ4v) is 7.95. The maximum absolute atomic E-state index is 9.62. The first-order chi connectivity index (χ1) is 30.2.